The third kappa shape index (κ3) is 7.59. The largest absolute Gasteiger partial charge is 0.486 e. The van der Waals surface area contributed by atoms with Gasteiger partial charge >= 0.3 is 0 Å². The SMILES string of the molecule is Cc1cc(-c2[c-]ccc3c2oc2nc(-c4c(C(C)C)cccc4C(C)C)ccc23)ncc1C(C)(C)C.[Ir].[c-]1ccccc1-c1ccccn1. The Labute approximate surface area is 304 Å². The zero-order valence-corrected chi connectivity index (χ0v) is 31.9. The van der Waals surface area contributed by atoms with Crippen LogP contribution in [-0.2, 0) is 25.5 Å². The van der Waals surface area contributed by atoms with Crippen LogP contribution >= 0.6 is 0 Å². The van der Waals surface area contributed by atoms with Crippen LogP contribution in [0.2, 0.25) is 0 Å². The van der Waals surface area contributed by atoms with E-state index >= 15 is 0 Å². The second-order valence-electron chi connectivity index (χ2n) is 14.0. The second-order valence-corrected chi connectivity index (χ2v) is 14.0. The fraction of sp³-hybridized carbons (Fsp3) is 0.250. The van der Waals surface area contributed by atoms with Crippen molar-refractivity contribution in [2.24, 2.45) is 0 Å². The fourth-order valence-corrected chi connectivity index (χ4v) is 6.35. The zero-order valence-electron chi connectivity index (χ0n) is 29.6. The van der Waals surface area contributed by atoms with Crippen LogP contribution in [0, 0.1) is 19.1 Å². The van der Waals surface area contributed by atoms with E-state index in [0.29, 0.717) is 17.5 Å². The normalized spacial score (nSPS) is 11.5. The van der Waals surface area contributed by atoms with Gasteiger partial charge in [-0.25, -0.2) is 4.98 Å². The molecule has 5 heteroatoms. The van der Waals surface area contributed by atoms with Gasteiger partial charge in [0.15, 0.2) is 0 Å². The summed E-state index contributed by atoms with van der Waals surface area (Å²) in [6.45, 7) is 17.8. The second kappa shape index (κ2) is 15.0. The van der Waals surface area contributed by atoms with Crippen molar-refractivity contribution in [3.8, 4) is 33.8 Å². The molecule has 0 fully saturated rings. The third-order valence-electron chi connectivity index (χ3n) is 8.75. The molecule has 0 aliphatic heterocycles. The average molecular weight is 822 g/mol. The van der Waals surface area contributed by atoms with Crippen LogP contribution in [-0.4, -0.2) is 15.0 Å². The molecule has 7 aromatic rings. The monoisotopic (exact) mass is 822 g/mol. The Morgan fingerprint density at radius 2 is 1.43 bits per heavy atom. The first kappa shape index (κ1) is 35.9. The van der Waals surface area contributed by atoms with Crippen LogP contribution < -0.4 is 0 Å². The molecule has 0 aliphatic rings. The van der Waals surface area contributed by atoms with E-state index in [1.807, 2.05) is 54.7 Å². The van der Waals surface area contributed by atoms with Crippen molar-refractivity contribution in [1.29, 1.82) is 0 Å². The van der Waals surface area contributed by atoms with Crippen molar-refractivity contribution in [3.63, 3.8) is 0 Å². The molecule has 0 N–H and O–H groups in total. The zero-order chi connectivity index (χ0) is 34.0. The minimum atomic E-state index is 0. The Morgan fingerprint density at radius 3 is 2.04 bits per heavy atom. The van der Waals surface area contributed by atoms with Crippen molar-refractivity contribution in [3.05, 3.63) is 138 Å². The van der Waals surface area contributed by atoms with Gasteiger partial charge in [-0.3, -0.25) is 0 Å². The van der Waals surface area contributed by atoms with Crippen molar-refractivity contribution in [2.75, 3.05) is 0 Å². The Morgan fingerprint density at radius 1 is 0.694 bits per heavy atom. The van der Waals surface area contributed by atoms with Crippen LogP contribution in [0.25, 0.3) is 55.8 Å². The van der Waals surface area contributed by atoms with Gasteiger partial charge < -0.3 is 14.4 Å². The van der Waals surface area contributed by atoms with E-state index in [-0.39, 0.29) is 25.5 Å². The molecule has 251 valence electrons. The van der Waals surface area contributed by atoms with E-state index in [0.717, 1.165) is 44.6 Å². The van der Waals surface area contributed by atoms with Crippen molar-refractivity contribution >= 4 is 22.1 Å². The average Bonchev–Trinajstić information content (AvgIpc) is 3.46. The molecule has 0 atom stereocenters. The molecule has 3 aromatic carbocycles. The smallest absolute Gasteiger partial charge is 0.216 e. The number of nitrogens with zero attached hydrogens (tertiary/aromatic N) is 3. The van der Waals surface area contributed by atoms with Crippen LogP contribution in [0.5, 0.6) is 0 Å². The fourth-order valence-electron chi connectivity index (χ4n) is 6.35. The first-order valence-electron chi connectivity index (χ1n) is 16.8. The summed E-state index contributed by atoms with van der Waals surface area (Å²) in [6, 6.07) is 37.3. The Hall–Kier alpha value is -4.44. The molecule has 7 rings (SSSR count). The van der Waals surface area contributed by atoms with Gasteiger partial charge in [0, 0.05) is 43.4 Å². The van der Waals surface area contributed by atoms with Gasteiger partial charge in [-0.15, -0.1) is 54.1 Å². The minimum absolute atomic E-state index is 0. The number of fused-ring (bicyclic) bond motifs is 3. The number of pyridine rings is 3. The first-order valence-corrected chi connectivity index (χ1v) is 16.8. The number of rotatable bonds is 5. The third-order valence-corrected chi connectivity index (χ3v) is 8.75. The van der Waals surface area contributed by atoms with E-state index in [1.54, 1.807) is 6.20 Å². The molecule has 0 aliphatic carbocycles. The van der Waals surface area contributed by atoms with Gasteiger partial charge in [-0.05, 0) is 70.5 Å². The maximum Gasteiger partial charge on any atom is 0.216 e. The molecule has 0 amide bonds. The van der Waals surface area contributed by atoms with Gasteiger partial charge in [0.1, 0.15) is 0 Å². The van der Waals surface area contributed by atoms with Gasteiger partial charge in [-0.1, -0.05) is 101 Å². The molecule has 4 nitrogen and oxygen atoms in total. The van der Waals surface area contributed by atoms with Crippen LogP contribution in [0.15, 0.2) is 108 Å². The maximum atomic E-state index is 6.46. The van der Waals surface area contributed by atoms with Crippen LogP contribution in [0.4, 0.5) is 0 Å². The summed E-state index contributed by atoms with van der Waals surface area (Å²) in [6.07, 6.45) is 3.78. The van der Waals surface area contributed by atoms with Gasteiger partial charge in [0.05, 0.1) is 11.3 Å². The van der Waals surface area contributed by atoms with Crippen molar-refractivity contribution < 1.29 is 24.5 Å². The number of hydrogen-bond donors (Lipinski definition) is 0. The Kier molecular flexibility index (Phi) is 11.0. The van der Waals surface area contributed by atoms with Gasteiger partial charge in [0.2, 0.25) is 5.71 Å². The summed E-state index contributed by atoms with van der Waals surface area (Å²) in [7, 11) is 0. The standard InChI is InChI=1S/C33H35N2O.C11H8N.Ir/c1-19(2)22-11-9-12-23(20(3)4)30(22)28-16-15-25-24-13-10-14-26(31(24)36-32(25)35-28)29-17-21(5)27(18-34-29)33(6,7)8;1-2-6-10(7-3-1)11-8-4-5-9-12-11;/h9-13,15-20H,1-8H3;1-6,8-9H;/q2*-1;. The summed E-state index contributed by atoms with van der Waals surface area (Å²) < 4.78 is 6.46. The van der Waals surface area contributed by atoms with Gasteiger partial charge in [0.25, 0.3) is 0 Å². The summed E-state index contributed by atoms with van der Waals surface area (Å²) in [5.41, 5.74) is 12.5. The van der Waals surface area contributed by atoms with Crippen molar-refractivity contribution in [2.45, 2.75) is 72.6 Å². The number of benzene rings is 3. The molecule has 0 saturated heterocycles. The molecular formula is C44H43IrN3O-2. The Balaban J connectivity index is 0.000000303. The van der Waals surface area contributed by atoms with E-state index in [2.05, 4.69) is 115 Å². The first-order chi connectivity index (χ1) is 23.0. The predicted molar refractivity (Wildman–Crippen MR) is 199 cm³/mol. The van der Waals surface area contributed by atoms with Gasteiger partial charge in [-0.2, -0.15) is 0 Å². The van der Waals surface area contributed by atoms with E-state index in [4.69, 9.17) is 14.4 Å². The summed E-state index contributed by atoms with van der Waals surface area (Å²) in [5.74, 6) is 0.803. The summed E-state index contributed by atoms with van der Waals surface area (Å²) >= 11 is 0. The number of aromatic nitrogens is 3. The number of hydrogen-bond acceptors (Lipinski definition) is 4. The predicted octanol–water partition coefficient (Wildman–Crippen LogP) is 11.9. The summed E-state index contributed by atoms with van der Waals surface area (Å²) in [4.78, 5) is 14.1. The quantitative estimate of drug-likeness (QED) is 0.162. The van der Waals surface area contributed by atoms with Crippen molar-refractivity contribution in [1.82, 2.24) is 15.0 Å². The number of aryl methyl sites for hydroxylation is 1. The van der Waals surface area contributed by atoms with Crippen LogP contribution in [0.3, 0.4) is 0 Å². The van der Waals surface area contributed by atoms with E-state index in [9.17, 15) is 0 Å². The minimum Gasteiger partial charge on any atom is -0.486 e. The maximum absolute atomic E-state index is 6.46. The molecule has 0 unspecified atom stereocenters. The molecule has 4 heterocycles. The molecule has 4 aromatic heterocycles. The topological polar surface area (TPSA) is 51.8 Å². The molecular weight excluding hydrogens is 779 g/mol. The number of furan rings is 1. The Bertz CT molecular complexity index is 2110. The van der Waals surface area contributed by atoms with E-state index < -0.39 is 0 Å². The molecule has 0 bridgehead atoms. The van der Waals surface area contributed by atoms with Crippen LogP contribution in [0.1, 0.15) is 82.6 Å². The molecule has 0 spiro atoms. The molecule has 1 radical (unpaired) electrons. The van der Waals surface area contributed by atoms with E-state index in [1.165, 1.54) is 27.8 Å². The summed E-state index contributed by atoms with van der Waals surface area (Å²) in [5, 5.41) is 2.05. The molecule has 49 heavy (non-hydrogen) atoms. The molecule has 0 saturated carbocycles.